The first-order valence-corrected chi connectivity index (χ1v) is 24.9. The van der Waals surface area contributed by atoms with E-state index >= 15 is 0 Å². The topological polar surface area (TPSA) is 438 Å². The quantitative estimate of drug-likeness (QED) is 0.0371. The summed E-state index contributed by atoms with van der Waals surface area (Å²) in [6.45, 7) is 1.25. The van der Waals surface area contributed by atoms with Gasteiger partial charge in [0.15, 0.2) is 11.9 Å². The van der Waals surface area contributed by atoms with E-state index in [2.05, 4.69) is 52.2 Å². The summed E-state index contributed by atoms with van der Waals surface area (Å²) in [4.78, 5) is 137. The van der Waals surface area contributed by atoms with Crippen LogP contribution in [0.5, 0.6) is 0 Å². The van der Waals surface area contributed by atoms with Gasteiger partial charge in [0.2, 0.25) is 53.2 Å². The zero-order valence-electron chi connectivity index (χ0n) is 42.0. The number of benzene rings is 2. The number of H-pyrrole nitrogens is 1. The third kappa shape index (κ3) is 18.0. The van der Waals surface area contributed by atoms with Crippen molar-refractivity contribution < 1.29 is 43.2 Å². The van der Waals surface area contributed by atoms with Gasteiger partial charge in [0.25, 0.3) is 0 Å². The van der Waals surface area contributed by atoms with Crippen molar-refractivity contribution >= 4 is 76.0 Å². The number of aromatic nitrogens is 1. The van der Waals surface area contributed by atoms with E-state index in [-0.39, 0.29) is 109 Å². The Bertz CT molecular complexity index is 2560. The summed E-state index contributed by atoms with van der Waals surface area (Å²) in [5.74, 6) is -7.04. The molecule has 0 spiro atoms. The largest absolute Gasteiger partial charge is 0.370 e. The fraction of sp³-hybridized carbons (Fsp3) is 0.490. The number of aromatic amines is 1. The van der Waals surface area contributed by atoms with E-state index in [0.717, 1.165) is 10.9 Å². The number of fused-ring (bicyclic) bond motifs is 2. The minimum Gasteiger partial charge on any atom is -0.370 e. The average Bonchev–Trinajstić information content (AvgIpc) is 3.97. The molecule has 2 aliphatic heterocycles. The Labute approximate surface area is 433 Å². The van der Waals surface area contributed by atoms with Gasteiger partial charge in [-0.1, -0.05) is 48.5 Å². The SMILES string of the molecule is CC(=O)N[C@H](CCCN=C(N)N)C(=O)N[C@@H]1CCC(=O)NCCC[C@H](C(N)=O)NC(=O)[C@@H](Cc2c[nH]c3ccccc23)NC(=O)[C@@H](CCCN=C(N)N)NC(=O)[C@H](Cc2ccccc2)NC(=O)[C@H]2C[C@H](N)CN2C1=O. The maximum atomic E-state index is 14.7. The molecule has 406 valence electrons. The van der Waals surface area contributed by atoms with Crippen LogP contribution in [0.4, 0.5) is 0 Å². The summed E-state index contributed by atoms with van der Waals surface area (Å²) in [6, 6.07) is 6.09. The van der Waals surface area contributed by atoms with E-state index in [4.69, 9.17) is 34.4 Å². The molecule has 8 atom stereocenters. The van der Waals surface area contributed by atoms with Crippen molar-refractivity contribution in [3.63, 3.8) is 0 Å². The molecule has 0 radical (unpaired) electrons. The molecule has 3 aromatic rings. The lowest BCUT2D eigenvalue weighted by molar-refractivity contribution is -0.143. The highest BCUT2D eigenvalue weighted by Gasteiger charge is 2.43. The number of rotatable bonds is 16. The number of para-hydroxylation sites is 1. The molecule has 0 bridgehead atoms. The van der Waals surface area contributed by atoms with Crippen LogP contribution in [0.1, 0.15) is 75.8 Å². The number of carbonyl (C=O) groups is 9. The van der Waals surface area contributed by atoms with Crippen molar-refractivity contribution in [2.24, 2.45) is 44.4 Å². The van der Waals surface area contributed by atoms with Gasteiger partial charge in [0, 0.05) is 75.5 Å². The summed E-state index contributed by atoms with van der Waals surface area (Å²) in [5, 5.41) is 19.7. The molecule has 75 heavy (non-hydrogen) atoms. The Kier molecular flexibility index (Phi) is 21.7. The number of nitrogens with one attached hydrogen (secondary N) is 8. The van der Waals surface area contributed by atoms with Crippen molar-refractivity contribution in [3.05, 3.63) is 71.9 Å². The van der Waals surface area contributed by atoms with Crippen LogP contribution in [0, 0.1) is 0 Å². The van der Waals surface area contributed by atoms with E-state index in [1.54, 1.807) is 36.5 Å². The van der Waals surface area contributed by atoms with Gasteiger partial charge in [-0.2, -0.15) is 0 Å². The highest BCUT2D eigenvalue weighted by Crippen LogP contribution is 2.22. The third-order valence-electron chi connectivity index (χ3n) is 12.7. The van der Waals surface area contributed by atoms with Crippen LogP contribution in [0.3, 0.4) is 0 Å². The fourth-order valence-corrected chi connectivity index (χ4v) is 8.94. The lowest BCUT2D eigenvalue weighted by atomic mass is 10.0. The average molecular weight is 1040 g/mol. The molecular formula is C49H71N17O9. The number of primary amides is 1. The Morgan fingerprint density at radius 3 is 2.08 bits per heavy atom. The fourth-order valence-electron chi connectivity index (χ4n) is 8.94. The second kappa shape index (κ2) is 28.2. The molecule has 26 heteroatoms. The lowest BCUT2D eigenvalue weighted by Crippen LogP contribution is -2.60. The summed E-state index contributed by atoms with van der Waals surface area (Å²) in [5.41, 5.74) is 36.3. The molecule has 9 amide bonds. The molecule has 2 fully saturated rings. The number of aliphatic imine (C=N–C) groups is 2. The number of hydrogen-bond donors (Lipinski definition) is 14. The smallest absolute Gasteiger partial charge is 0.245 e. The van der Waals surface area contributed by atoms with Crippen molar-refractivity contribution in [2.75, 3.05) is 26.2 Å². The minimum atomic E-state index is -1.44. The van der Waals surface area contributed by atoms with Gasteiger partial charge in [0.1, 0.15) is 42.3 Å². The molecule has 26 nitrogen and oxygen atoms in total. The number of nitrogens with zero attached hydrogens (tertiary/aromatic N) is 3. The first kappa shape index (κ1) is 57.6. The van der Waals surface area contributed by atoms with Gasteiger partial charge in [-0.15, -0.1) is 0 Å². The van der Waals surface area contributed by atoms with Crippen molar-refractivity contribution in [2.45, 2.75) is 126 Å². The predicted molar refractivity (Wildman–Crippen MR) is 278 cm³/mol. The summed E-state index contributed by atoms with van der Waals surface area (Å²) >= 11 is 0. The van der Waals surface area contributed by atoms with Crippen LogP contribution in [0.25, 0.3) is 10.9 Å². The van der Waals surface area contributed by atoms with Crippen molar-refractivity contribution in [1.29, 1.82) is 0 Å². The van der Waals surface area contributed by atoms with Gasteiger partial charge < -0.3 is 81.5 Å². The molecule has 5 rings (SSSR count). The second-order valence-electron chi connectivity index (χ2n) is 18.6. The Balaban J connectivity index is 1.53. The Morgan fingerprint density at radius 2 is 1.39 bits per heavy atom. The zero-order valence-corrected chi connectivity index (χ0v) is 42.0. The van der Waals surface area contributed by atoms with Crippen LogP contribution < -0.4 is 71.6 Å². The zero-order chi connectivity index (χ0) is 54.6. The number of guanidine groups is 2. The van der Waals surface area contributed by atoms with Gasteiger partial charge in [0.05, 0.1) is 0 Å². The molecule has 2 aromatic carbocycles. The van der Waals surface area contributed by atoms with E-state index in [0.29, 0.717) is 11.1 Å². The highest BCUT2D eigenvalue weighted by atomic mass is 16.2. The van der Waals surface area contributed by atoms with E-state index in [1.807, 2.05) is 24.3 Å². The Hall–Kier alpha value is -8.29. The Morgan fingerprint density at radius 1 is 0.760 bits per heavy atom. The van der Waals surface area contributed by atoms with E-state index < -0.39 is 101 Å². The van der Waals surface area contributed by atoms with Crippen LogP contribution in [-0.2, 0) is 56.0 Å². The molecule has 0 saturated carbocycles. The highest BCUT2D eigenvalue weighted by molar-refractivity contribution is 5.98. The molecule has 0 aliphatic carbocycles. The third-order valence-corrected chi connectivity index (χ3v) is 12.7. The van der Waals surface area contributed by atoms with Gasteiger partial charge >= 0.3 is 0 Å². The summed E-state index contributed by atoms with van der Waals surface area (Å²) in [7, 11) is 0. The summed E-state index contributed by atoms with van der Waals surface area (Å²) < 4.78 is 0. The molecule has 2 aliphatic rings. The maximum Gasteiger partial charge on any atom is 0.245 e. The number of amides is 9. The molecule has 2 saturated heterocycles. The molecule has 3 heterocycles. The molecular weight excluding hydrogens is 971 g/mol. The molecule has 1 aromatic heterocycles. The van der Waals surface area contributed by atoms with Gasteiger partial charge in [-0.25, -0.2) is 0 Å². The summed E-state index contributed by atoms with van der Waals surface area (Å²) in [6.07, 6.45) is 1.41. The van der Waals surface area contributed by atoms with E-state index in [1.165, 1.54) is 11.8 Å². The lowest BCUT2D eigenvalue weighted by Gasteiger charge is -2.31. The van der Waals surface area contributed by atoms with Crippen molar-refractivity contribution in [1.82, 2.24) is 47.1 Å². The first-order valence-electron chi connectivity index (χ1n) is 24.9. The maximum absolute atomic E-state index is 14.7. The number of carbonyl (C=O) groups excluding carboxylic acids is 9. The monoisotopic (exact) mass is 1040 g/mol. The van der Waals surface area contributed by atoms with Crippen molar-refractivity contribution in [3.8, 4) is 0 Å². The van der Waals surface area contributed by atoms with Gasteiger partial charge in [-0.05, 0) is 68.6 Å². The minimum absolute atomic E-state index is 0.00599. The normalized spacial score (nSPS) is 23.0. The predicted octanol–water partition coefficient (Wildman–Crippen LogP) is -3.91. The van der Waals surface area contributed by atoms with Crippen LogP contribution >= 0.6 is 0 Å². The molecule has 0 unspecified atom stereocenters. The first-order chi connectivity index (χ1) is 35.8. The number of nitrogens with two attached hydrogens (primary N) is 6. The van der Waals surface area contributed by atoms with Crippen LogP contribution in [-0.4, -0.2) is 149 Å². The number of hydrogen-bond acceptors (Lipinski definition) is 12. The van der Waals surface area contributed by atoms with Gasteiger partial charge in [-0.3, -0.25) is 53.1 Å². The van der Waals surface area contributed by atoms with Crippen LogP contribution in [0.15, 0.2) is 70.8 Å². The molecule has 20 N–H and O–H groups in total. The standard InChI is InChI=1S/C49H71N17O9/c1-27(67)60-34(15-8-20-57-48(52)53)42(70)63-36-17-18-40(68)56-19-7-14-33(41(51)69)61-45(73)38(23-29-25-59-32-13-6-5-12-31(29)32)64-43(71)35(16-9-21-58-49(54)55)62-44(72)37(22-28-10-3-2-4-11-28)65-46(74)39-24-30(50)26-66(39)47(36)75/h2-6,10-13,25,30,33-39,59H,7-9,14-24,26,50H2,1H3,(H2,51,69)(H,56,68)(H,60,67)(H,61,73)(H,62,72)(H,63,70)(H,64,71)(H,65,74)(H4,52,53,57)(H4,54,55,58)/t30-,33+,34+,35+,36+,37-,38+,39+/m0/s1. The van der Waals surface area contributed by atoms with Crippen LogP contribution in [0.2, 0.25) is 0 Å². The second-order valence-corrected chi connectivity index (χ2v) is 18.6. The van der Waals surface area contributed by atoms with E-state index in [9.17, 15) is 43.2 Å².